The molecule has 1 amide bonds. The van der Waals surface area contributed by atoms with E-state index in [-0.39, 0.29) is 18.1 Å². The van der Waals surface area contributed by atoms with Gasteiger partial charge in [-0.1, -0.05) is 49.1 Å². The average Bonchev–Trinajstić information content (AvgIpc) is 2.78. The molecule has 0 atom stereocenters. The van der Waals surface area contributed by atoms with Crippen LogP contribution >= 0.6 is 23.1 Å². The first-order valence-electron chi connectivity index (χ1n) is 6.07. The van der Waals surface area contributed by atoms with Crippen molar-refractivity contribution in [1.29, 1.82) is 0 Å². The van der Waals surface area contributed by atoms with Crippen LogP contribution in [-0.2, 0) is 11.2 Å². The van der Waals surface area contributed by atoms with Gasteiger partial charge in [-0.15, -0.1) is 10.2 Å². The molecule has 2 rings (SSSR count). The third-order valence-corrected chi connectivity index (χ3v) is 4.19. The monoisotopic (exact) mass is 311 g/mol. The molecule has 0 fully saturated rings. The van der Waals surface area contributed by atoms with Crippen LogP contribution in [0.15, 0.2) is 28.6 Å². The van der Waals surface area contributed by atoms with Crippen molar-refractivity contribution in [3.8, 4) is 0 Å². The number of hydrogen-bond donors (Lipinski definition) is 1. The van der Waals surface area contributed by atoms with Crippen molar-refractivity contribution in [2.24, 2.45) is 0 Å². The van der Waals surface area contributed by atoms with Crippen molar-refractivity contribution in [3.63, 3.8) is 0 Å². The van der Waals surface area contributed by atoms with E-state index in [1.54, 1.807) is 23.9 Å². The van der Waals surface area contributed by atoms with Crippen molar-refractivity contribution in [3.05, 3.63) is 35.6 Å². The van der Waals surface area contributed by atoms with E-state index in [1.807, 2.05) is 0 Å². The summed E-state index contributed by atoms with van der Waals surface area (Å²) in [6.07, 6.45) is 0.187. The summed E-state index contributed by atoms with van der Waals surface area (Å²) in [6.45, 7) is 4.14. The number of anilines is 1. The molecule has 1 aromatic carbocycles. The molecule has 0 unspecified atom stereocenters. The highest BCUT2D eigenvalue weighted by atomic mass is 32.2. The lowest BCUT2D eigenvalue weighted by Crippen LogP contribution is -2.14. The van der Waals surface area contributed by atoms with Crippen LogP contribution in [-0.4, -0.2) is 21.4 Å². The van der Waals surface area contributed by atoms with E-state index in [9.17, 15) is 9.18 Å². The first-order chi connectivity index (χ1) is 9.52. The molecule has 0 aliphatic heterocycles. The Morgan fingerprint density at radius 1 is 1.35 bits per heavy atom. The number of nitrogens with one attached hydrogen (secondary N) is 1. The number of carbonyl (C=O) groups excluding carboxylic acids is 1. The average molecular weight is 311 g/mol. The van der Waals surface area contributed by atoms with E-state index in [1.165, 1.54) is 23.5 Å². The lowest BCUT2D eigenvalue weighted by Gasteiger charge is -2.01. The van der Waals surface area contributed by atoms with Crippen LogP contribution in [0.5, 0.6) is 0 Å². The molecule has 0 bridgehead atoms. The summed E-state index contributed by atoms with van der Waals surface area (Å²) in [7, 11) is 0. The first-order valence-corrected chi connectivity index (χ1v) is 7.77. The zero-order chi connectivity index (χ0) is 14.5. The number of nitrogens with zero attached hydrogens (tertiary/aromatic N) is 2. The predicted molar refractivity (Wildman–Crippen MR) is 79.6 cm³/mol. The molecule has 106 valence electrons. The van der Waals surface area contributed by atoms with Crippen LogP contribution in [0.25, 0.3) is 0 Å². The largest absolute Gasteiger partial charge is 0.300 e. The molecule has 0 radical (unpaired) electrons. The summed E-state index contributed by atoms with van der Waals surface area (Å²) in [5.74, 6) is -0.498. The smallest absolute Gasteiger partial charge is 0.230 e. The van der Waals surface area contributed by atoms with Gasteiger partial charge in [0.25, 0.3) is 0 Å². The van der Waals surface area contributed by atoms with E-state index in [0.717, 1.165) is 9.90 Å². The fraction of sp³-hybridized carbons (Fsp3) is 0.308. The number of amides is 1. The Morgan fingerprint density at radius 2 is 2.05 bits per heavy atom. The fourth-order valence-corrected chi connectivity index (χ4v) is 3.45. The first kappa shape index (κ1) is 14.9. The molecule has 2 aromatic rings. The number of benzene rings is 1. The van der Waals surface area contributed by atoms with Gasteiger partial charge >= 0.3 is 0 Å². The quantitative estimate of drug-likeness (QED) is 0.679. The Balaban J connectivity index is 1.91. The molecule has 0 aliphatic carbocycles. The molecule has 0 aliphatic rings. The second-order valence-electron chi connectivity index (χ2n) is 4.39. The lowest BCUT2D eigenvalue weighted by molar-refractivity contribution is -0.115. The minimum absolute atomic E-state index is 0.186. The van der Waals surface area contributed by atoms with Crippen LogP contribution in [0.3, 0.4) is 0 Å². The maximum Gasteiger partial charge on any atom is 0.230 e. The number of halogens is 1. The van der Waals surface area contributed by atoms with Gasteiger partial charge in [-0.25, -0.2) is 4.39 Å². The summed E-state index contributed by atoms with van der Waals surface area (Å²) >= 11 is 2.96. The van der Waals surface area contributed by atoms with Crippen LogP contribution in [0, 0.1) is 5.82 Å². The maximum atomic E-state index is 12.8. The summed E-state index contributed by atoms with van der Waals surface area (Å²) in [6, 6.07) is 5.86. The van der Waals surface area contributed by atoms with Crippen molar-refractivity contribution in [2.45, 2.75) is 29.9 Å². The minimum Gasteiger partial charge on any atom is -0.300 e. The SMILES string of the molecule is CC(C)Sc1nnc(NC(=O)Cc2ccc(F)cc2)s1. The Labute approximate surface area is 124 Å². The highest BCUT2D eigenvalue weighted by molar-refractivity contribution is 8.01. The second kappa shape index (κ2) is 6.81. The topological polar surface area (TPSA) is 54.9 Å². The van der Waals surface area contributed by atoms with E-state index in [2.05, 4.69) is 29.4 Å². The summed E-state index contributed by atoms with van der Waals surface area (Å²) in [4.78, 5) is 11.8. The van der Waals surface area contributed by atoms with Crippen molar-refractivity contribution >= 4 is 34.1 Å². The van der Waals surface area contributed by atoms with Crippen molar-refractivity contribution in [1.82, 2.24) is 10.2 Å². The molecular weight excluding hydrogens is 297 g/mol. The van der Waals surface area contributed by atoms with E-state index in [4.69, 9.17) is 0 Å². The number of carbonyl (C=O) groups is 1. The molecule has 20 heavy (non-hydrogen) atoms. The van der Waals surface area contributed by atoms with Crippen molar-refractivity contribution < 1.29 is 9.18 Å². The molecule has 7 heteroatoms. The second-order valence-corrected chi connectivity index (χ2v) is 7.19. The Bertz CT molecular complexity index is 584. The summed E-state index contributed by atoms with van der Waals surface area (Å²) in [5, 5.41) is 11.5. The Hall–Kier alpha value is -1.47. The van der Waals surface area contributed by atoms with E-state index >= 15 is 0 Å². The van der Waals surface area contributed by atoms with Gasteiger partial charge in [-0.3, -0.25) is 4.79 Å². The van der Waals surface area contributed by atoms with Crippen LogP contribution in [0.4, 0.5) is 9.52 Å². The zero-order valence-electron chi connectivity index (χ0n) is 11.1. The maximum absolute atomic E-state index is 12.8. The Kier molecular flexibility index (Phi) is 5.08. The predicted octanol–water partition coefficient (Wildman–Crippen LogP) is 3.36. The molecule has 1 N–H and O–H groups in total. The number of thioether (sulfide) groups is 1. The van der Waals surface area contributed by atoms with Gasteiger partial charge in [0.1, 0.15) is 5.82 Å². The van der Waals surface area contributed by atoms with Crippen LogP contribution in [0.2, 0.25) is 0 Å². The summed E-state index contributed by atoms with van der Waals surface area (Å²) < 4.78 is 13.6. The van der Waals surface area contributed by atoms with Gasteiger partial charge in [-0.2, -0.15) is 0 Å². The van der Waals surface area contributed by atoms with Gasteiger partial charge in [-0.05, 0) is 17.7 Å². The molecule has 0 saturated heterocycles. The van der Waals surface area contributed by atoms with Crippen LogP contribution < -0.4 is 5.32 Å². The molecule has 0 saturated carbocycles. The van der Waals surface area contributed by atoms with Gasteiger partial charge in [0.15, 0.2) is 4.34 Å². The number of aromatic nitrogens is 2. The van der Waals surface area contributed by atoms with Gasteiger partial charge in [0.05, 0.1) is 6.42 Å². The van der Waals surface area contributed by atoms with E-state index < -0.39 is 0 Å². The van der Waals surface area contributed by atoms with Crippen molar-refractivity contribution in [2.75, 3.05) is 5.32 Å². The van der Waals surface area contributed by atoms with E-state index in [0.29, 0.717) is 10.4 Å². The molecule has 4 nitrogen and oxygen atoms in total. The lowest BCUT2D eigenvalue weighted by atomic mass is 10.1. The standard InChI is InChI=1S/C13H14FN3OS2/c1-8(2)19-13-17-16-12(20-13)15-11(18)7-9-3-5-10(14)6-4-9/h3-6,8H,7H2,1-2H3,(H,15,16,18). The highest BCUT2D eigenvalue weighted by Crippen LogP contribution is 2.28. The number of hydrogen-bond acceptors (Lipinski definition) is 5. The molecule has 0 spiro atoms. The third-order valence-electron chi connectivity index (χ3n) is 2.27. The fourth-order valence-electron chi connectivity index (χ4n) is 1.46. The highest BCUT2D eigenvalue weighted by Gasteiger charge is 2.10. The normalized spacial score (nSPS) is 10.8. The minimum atomic E-state index is -0.311. The van der Waals surface area contributed by atoms with Crippen LogP contribution in [0.1, 0.15) is 19.4 Å². The molecule has 1 heterocycles. The molecular formula is C13H14FN3OS2. The third kappa shape index (κ3) is 4.57. The van der Waals surface area contributed by atoms with Gasteiger partial charge in [0.2, 0.25) is 11.0 Å². The number of rotatable bonds is 5. The zero-order valence-corrected chi connectivity index (χ0v) is 12.7. The molecule has 1 aromatic heterocycles. The Morgan fingerprint density at radius 3 is 2.70 bits per heavy atom. The van der Waals surface area contributed by atoms with Gasteiger partial charge < -0.3 is 5.32 Å². The van der Waals surface area contributed by atoms with Gasteiger partial charge in [0, 0.05) is 5.25 Å². The summed E-state index contributed by atoms with van der Waals surface area (Å²) in [5.41, 5.74) is 0.755.